The predicted octanol–water partition coefficient (Wildman–Crippen LogP) is -1.81. The van der Waals surface area contributed by atoms with E-state index in [0.717, 1.165) is 0 Å². The van der Waals surface area contributed by atoms with Crippen LogP contribution in [-0.2, 0) is 4.79 Å². The Hall–Kier alpha value is -0.680. The van der Waals surface area contributed by atoms with E-state index < -0.39 is 24.7 Å². The van der Waals surface area contributed by atoms with Crippen molar-refractivity contribution in [2.45, 2.75) is 25.0 Å². The van der Waals surface area contributed by atoms with Gasteiger partial charge < -0.3 is 16.6 Å². The molecule has 4 nitrogen and oxygen atoms in total. The van der Waals surface area contributed by atoms with Crippen LogP contribution in [0.1, 0.15) is 12.8 Å². The number of primary amides is 1. The van der Waals surface area contributed by atoms with Crippen LogP contribution in [0, 0.1) is 0 Å². The number of halogens is 1. The lowest BCUT2D eigenvalue weighted by Crippen LogP contribution is -2.66. The fourth-order valence-corrected chi connectivity index (χ4v) is 0.646. The maximum Gasteiger partial charge on any atom is 0.217 e. The van der Waals surface area contributed by atoms with Crippen molar-refractivity contribution in [3.8, 4) is 0 Å². The van der Waals surface area contributed by atoms with Crippen molar-refractivity contribution in [1.82, 2.24) is 0 Å². The lowest BCUT2D eigenvalue weighted by molar-refractivity contribution is -0.439. The maximum atomic E-state index is 11.8. The molecular formula is C6H14FN2O2+. The van der Waals surface area contributed by atoms with Crippen LogP contribution in [0.15, 0.2) is 0 Å². The molecule has 0 saturated heterocycles. The summed E-state index contributed by atoms with van der Waals surface area (Å²) in [4.78, 5) is 10.2. The highest BCUT2D eigenvalue weighted by Gasteiger charge is 2.18. The fourth-order valence-electron chi connectivity index (χ4n) is 0.646. The van der Waals surface area contributed by atoms with Crippen LogP contribution in [-0.4, -0.2) is 29.8 Å². The highest BCUT2D eigenvalue weighted by Crippen LogP contribution is 1.97. The number of carbonyl (C=O) groups excluding carboxylic acids is 1. The van der Waals surface area contributed by atoms with Crippen molar-refractivity contribution < 1.29 is 20.0 Å². The minimum Gasteiger partial charge on any atom is -0.384 e. The van der Waals surface area contributed by atoms with Crippen LogP contribution in [0.2, 0.25) is 0 Å². The SMILES string of the molecule is NC(=O)CCC([NH3+])C(O)CF. The van der Waals surface area contributed by atoms with Gasteiger partial charge in [0, 0.05) is 12.8 Å². The number of nitrogens with two attached hydrogens (primary N) is 1. The molecule has 0 heterocycles. The van der Waals surface area contributed by atoms with Gasteiger partial charge in [0.1, 0.15) is 18.8 Å². The van der Waals surface area contributed by atoms with Crippen molar-refractivity contribution in [1.29, 1.82) is 0 Å². The number of hydrogen-bond acceptors (Lipinski definition) is 2. The van der Waals surface area contributed by atoms with E-state index in [2.05, 4.69) is 5.73 Å². The van der Waals surface area contributed by atoms with E-state index in [1.54, 1.807) is 0 Å². The Bertz CT molecular complexity index is 132. The zero-order valence-corrected chi connectivity index (χ0v) is 6.29. The summed E-state index contributed by atoms with van der Waals surface area (Å²) in [7, 11) is 0. The number of aliphatic hydroxyl groups excluding tert-OH is 1. The van der Waals surface area contributed by atoms with E-state index in [1.165, 1.54) is 0 Å². The monoisotopic (exact) mass is 165 g/mol. The third kappa shape index (κ3) is 4.69. The van der Waals surface area contributed by atoms with Crippen LogP contribution in [0.4, 0.5) is 4.39 Å². The minimum atomic E-state index is -1.07. The van der Waals surface area contributed by atoms with Gasteiger partial charge in [-0.15, -0.1) is 0 Å². The Labute approximate surface area is 64.4 Å². The number of rotatable bonds is 5. The van der Waals surface area contributed by atoms with Crippen LogP contribution < -0.4 is 11.5 Å². The average Bonchev–Trinajstić information content (AvgIpc) is 1.98. The lowest BCUT2D eigenvalue weighted by atomic mass is 10.1. The molecule has 2 unspecified atom stereocenters. The lowest BCUT2D eigenvalue weighted by Gasteiger charge is -2.10. The molecule has 0 rings (SSSR count). The Kier molecular flexibility index (Phi) is 4.72. The number of carbonyl (C=O) groups is 1. The number of quaternary nitrogens is 1. The topological polar surface area (TPSA) is 91.0 Å². The Morgan fingerprint density at radius 2 is 2.27 bits per heavy atom. The zero-order valence-electron chi connectivity index (χ0n) is 6.29. The number of aliphatic hydroxyl groups is 1. The molecule has 0 radical (unpaired) electrons. The molecule has 0 aliphatic carbocycles. The molecular weight excluding hydrogens is 151 g/mol. The third-order valence-electron chi connectivity index (χ3n) is 1.46. The van der Waals surface area contributed by atoms with Crippen molar-refractivity contribution in [2.24, 2.45) is 5.73 Å². The van der Waals surface area contributed by atoms with Gasteiger partial charge in [0.25, 0.3) is 0 Å². The second kappa shape index (κ2) is 5.03. The first-order chi connectivity index (χ1) is 5.07. The largest absolute Gasteiger partial charge is 0.384 e. The molecule has 0 fully saturated rings. The van der Waals surface area contributed by atoms with E-state index in [-0.39, 0.29) is 6.42 Å². The molecule has 0 aliphatic rings. The minimum absolute atomic E-state index is 0.144. The molecule has 2 atom stereocenters. The molecule has 0 aromatic carbocycles. The van der Waals surface area contributed by atoms with Gasteiger partial charge in [0.2, 0.25) is 5.91 Å². The number of hydrogen-bond donors (Lipinski definition) is 3. The van der Waals surface area contributed by atoms with Crippen molar-refractivity contribution in [3.05, 3.63) is 0 Å². The normalized spacial score (nSPS) is 15.9. The van der Waals surface area contributed by atoms with Gasteiger partial charge in [-0.1, -0.05) is 0 Å². The van der Waals surface area contributed by atoms with E-state index in [0.29, 0.717) is 6.42 Å². The van der Waals surface area contributed by atoms with Crippen molar-refractivity contribution in [2.75, 3.05) is 6.67 Å². The predicted molar refractivity (Wildman–Crippen MR) is 37.1 cm³/mol. The summed E-state index contributed by atoms with van der Waals surface area (Å²) in [5.41, 5.74) is 8.32. The molecule has 6 N–H and O–H groups in total. The molecule has 11 heavy (non-hydrogen) atoms. The highest BCUT2D eigenvalue weighted by molar-refractivity contribution is 5.73. The summed E-state index contributed by atoms with van der Waals surface area (Å²) in [6.07, 6.45) is -0.597. The second-order valence-corrected chi connectivity index (χ2v) is 2.49. The number of alkyl halides is 1. The quantitative estimate of drug-likeness (QED) is 0.448. The fraction of sp³-hybridized carbons (Fsp3) is 0.833. The van der Waals surface area contributed by atoms with Gasteiger partial charge in [0.15, 0.2) is 0 Å². The van der Waals surface area contributed by atoms with Crippen molar-refractivity contribution >= 4 is 5.91 Å². The van der Waals surface area contributed by atoms with Crippen molar-refractivity contribution in [3.63, 3.8) is 0 Å². The Morgan fingerprint density at radius 1 is 1.73 bits per heavy atom. The van der Waals surface area contributed by atoms with E-state index >= 15 is 0 Å². The Balaban J connectivity index is 3.51. The van der Waals surface area contributed by atoms with Gasteiger partial charge >= 0.3 is 0 Å². The van der Waals surface area contributed by atoms with Gasteiger partial charge in [0.05, 0.1) is 0 Å². The first-order valence-corrected chi connectivity index (χ1v) is 3.43. The van der Waals surface area contributed by atoms with Gasteiger partial charge in [-0.3, -0.25) is 4.79 Å². The van der Waals surface area contributed by atoms with Crippen LogP contribution in [0.5, 0.6) is 0 Å². The Morgan fingerprint density at radius 3 is 2.64 bits per heavy atom. The number of amides is 1. The summed E-state index contributed by atoms with van der Waals surface area (Å²) >= 11 is 0. The molecule has 0 saturated carbocycles. The third-order valence-corrected chi connectivity index (χ3v) is 1.46. The molecule has 0 aromatic rings. The molecule has 0 bridgehead atoms. The summed E-state index contributed by atoms with van der Waals surface area (Å²) in [6, 6.07) is -0.451. The van der Waals surface area contributed by atoms with Crippen LogP contribution >= 0.6 is 0 Å². The molecule has 0 spiro atoms. The average molecular weight is 165 g/mol. The van der Waals surface area contributed by atoms with Gasteiger partial charge in [-0.05, 0) is 0 Å². The second-order valence-electron chi connectivity index (χ2n) is 2.49. The molecule has 1 amide bonds. The van der Waals surface area contributed by atoms with E-state index in [9.17, 15) is 9.18 Å². The maximum absolute atomic E-state index is 11.8. The van der Waals surface area contributed by atoms with E-state index in [1.807, 2.05) is 0 Å². The van der Waals surface area contributed by atoms with E-state index in [4.69, 9.17) is 10.8 Å². The summed E-state index contributed by atoms with van der Waals surface area (Å²) < 4.78 is 11.8. The zero-order chi connectivity index (χ0) is 8.85. The van der Waals surface area contributed by atoms with Gasteiger partial charge in [-0.25, -0.2) is 4.39 Å². The standard InChI is InChI=1S/C6H13FN2O2/c7-3-5(10)4(8)1-2-6(9)11/h4-5,10H,1-3,8H2,(H2,9,11)/p+1. The summed E-state index contributed by atoms with van der Waals surface area (Å²) in [5, 5.41) is 8.85. The first-order valence-electron chi connectivity index (χ1n) is 3.43. The molecule has 0 aliphatic heterocycles. The molecule has 5 heteroatoms. The summed E-state index contributed by atoms with van der Waals surface area (Å²) in [6.45, 7) is -0.826. The first kappa shape index (κ1) is 10.3. The highest BCUT2D eigenvalue weighted by atomic mass is 19.1. The summed E-state index contributed by atoms with van der Waals surface area (Å²) in [5.74, 6) is -0.454. The van der Waals surface area contributed by atoms with Crippen LogP contribution in [0.25, 0.3) is 0 Å². The van der Waals surface area contributed by atoms with Gasteiger partial charge in [-0.2, -0.15) is 0 Å². The van der Waals surface area contributed by atoms with Crippen LogP contribution in [0.3, 0.4) is 0 Å². The smallest absolute Gasteiger partial charge is 0.217 e. The molecule has 66 valence electrons. The molecule has 0 aromatic heterocycles.